The maximum atomic E-state index is 11.2. The summed E-state index contributed by atoms with van der Waals surface area (Å²) >= 11 is 11.9. The van der Waals surface area contributed by atoms with Crippen LogP contribution in [-0.4, -0.2) is 15.9 Å². The number of nitrogens with one attached hydrogen (secondary N) is 3. The van der Waals surface area contributed by atoms with Gasteiger partial charge in [0.25, 0.3) is 0 Å². The third-order valence-electron chi connectivity index (χ3n) is 3.29. The second-order valence-electron chi connectivity index (χ2n) is 5.41. The van der Waals surface area contributed by atoms with E-state index in [9.17, 15) is 4.79 Å². The van der Waals surface area contributed by atoms with Gasteiger partial charge < -0.3 is 16.0 Å². The van der Waals surface area contributed by atoms with Crippen molar-refractivity contribution in [3.8, 4) is 0 Å². The van der Waals surface area contributed by atoms with Crippen molar-refractivity contribution in [3.63, 3.8) is 0 Å². The molecule has 0 unspecified atom stereocenters. The van der Waals surface area contributed by atoms with Gasteiger partial charge >= 0.3 is 0 Å². The number of rotatable bonds is 5. The SMILES string of the molecule is CC(=O)Nc1cccc(Nc2nccc(Nc3ccc(Cl)c(Cl)c3)n2)c1. The van der Waals surface area contributed by atoms with E-state index in [1.807, 2.05) is 12.1 Å². The summed E-state index contributed by atoms with van der Waals surface area (Å²) in [5, 5.41) is 9.92. The van der Waals surface area contributed by atoms with E-state index in [1.54, 1.807) is 42.6 Å². The average molecular weight is 388 g/mol. The molecule has 0 saturated carbocycles. The van der Waals surface area contributed by atoms with Crippen molar-refractivity contribution < 1.29 is 4.79 Å². The molecule has 132 valence electrons. The Balaban J connectivity index is 1.75. The molecule has 0 atom stereocenters. The highest BCUT2D eigenvalue weighted by Gasteiger charge is 2.04. The minimum Gasteiger partial charge on any atom is -0.340 e. The molecule has 0 aliphatic rings. The molecule has 0 saturated heterocycles. The molecule has 1 amide bonds. The Kier molecular flexibility index (Phi) is 5.55. The number of aromatic nitrogens is 2. The first kappa shape index (κ1) is 18.0. The lowest BCUT2D eigenvalue weighted by Crippen LogP contribution is -2.06. The number of benzene rings is 2. The highest BCUT2D eigenvalue weighted by molar-refractivity contribution is 6.42. The van der Waals surface area contributed by atoms with Gasteiger partial charge in [0.15, 0.2) is 0 Å². The summed E-state index contributed by atoms with van der Waals surface area (Å²) in [5.74, 6) is 0.875. The summed E-state index contributed by atoms with van der Waals surface area (Å²) in [6.07, 6.45) is 1.63. The van der Waals surface area contributed by atoms with Gasteiger partial charge in [-0.25, -0.2) is 4.98 Å². The zero-order valence-corrected chi connectivity index (χ0v) is 15.3. The molecular weight excluding hydrogens is 373 g/mol. The zero-order valence-electron chi connectivity index (χ0n) is 13.8. The number of hydrogen-bond donors (Lipinski definition) is 3. The first-order valence-corrected chi connectivity index (χ1v) is 8.45. The van der Waals surface area contributed by atoms with E-state index in [1.165, 1.54) is 6.92 Å². The average Bonchev–Trinajstić information content (AvgIpc) is 2.58. The summed E-state index contributed by atoms with van der Waals surface area (Å²) < 4.78 is 0. The second-order valence-corrected chi connectivity index (χ2v) is 6.22. The highest BCUT2D eigenvalue weighted by Crippen LogP contribution is 2.27. The van der Waals surface area contributed by atoms with Gasteiger partial charge in [0.2, 0.25) is 11.9 Å². The lowest BCUT2D eigenvalue weighted by atomic mass is 10.2. The summed E-state index contributed by atoms with van der Waals surface area (Å²) in [6, 6.07) is 14.2. The van der Waals surface area contributed by atoms with Crippen LogP contribution in [0.3, 0.4) is 0 Å². The first-order chi connectivity index (χ1) is 12.5. The van der Waals surface area contributed by atoms with Crippen LogP contribution < -0.4 is 16.0 Å². The second kappa shape index (κ2) is 8.03. The van der Waals surface area contributed by atoms with Gasteiger partial charge in [-0.2, -0.15) is 4.98 Å². The third-order valence-corrected chi connectivity index (χ3v) is 4.03. The predicted molar refractivity (Wildman–Crippen MR) is 106 cm³/mol. The van der Waals surface area contributed by atoms with Gasteiger partial charge in [-0.1, -0.05) is 29.3 Å². The molecule has 0 bridgehead atoms. The molecule has 26 heavy (non-hydrogen) atoms. The van der Waals surface area contributed by atoms with E-state index >= 15 is 0 Å². The van der Waals surface area contributed by atoms with Crippen molar-refractivity contribution in [2.45, 2.75) is 6.92 Å². The van der Waals surface area contributed by atoms with Crippen LogP contribution in [0.5, 0.6) is 0 Å². The standard InChI is InChI=1S/C18H15Cl2N5O/c1-11(26)22-12-3-2-4-13(9-12)24-18-21-8-7-17(25-18)23-14-5-6-15(19)16(20)10-14/h2-10H,1H3,(H,22,26)(H2,21,23,24,25). The third kappa shape index (κ3) is 4.84. The number of amides is 1. The normalized spacial score (nSPS) is 10.3. The minimum absolute atomic E-state index is 0.133. The Morgan fingerprint density at radius 2 is 1.69 bits per heavy atom. The molecule has 1 heterocycles. The lowest BCUT2D eigenvalue weighted by molar-refractivity contribution is -0.114. The van der Waals surface area contributed by atoms with Crippen LogP contribution in [0.4, 0.5) is 28.8 Å². The Labute approximate surface area is 160 Å². The van der Waals surface area contributed by atoms with Gasteiger partial charge in [0.1, 0.15) is 5.82 Å². The molecule has 0 aliphatic heterocycles. The van der Waals surface area contributed by atoms with Gasteiger partial charge in [-0.3, -0.25) is 4.79 Å². The molecule has 3 aromatic rings. The summed E-state index contributed by atoms with van der Waals surface area (Å²) in [4.78, 5) is 19.8. The number of anilines is 5. The van der Waals surface area contributed by atoms with E-state index < -0.39 is 0 Å². The monoisotopic (exact) mass is 387 g/mol. The smallest absolute Gasteiger partial charge is 0.229 e. The first-order valence-electron chi connectivity index (χ1n) is 7.69. The van der Waals surface area contributed by atoms with Gasteiger partial charge in [-0.15, -0.1) is 0 Å². The number of nitrogens with zero attached hydrogens (tertiary/aromatic N) is 2. The zero-order chi connectivity index (χ0) is 18.5. The maximum Gasteiger partial charge on any atom is 0.229 e. The van der Waals surface area contributed by atoms with Crippen molar-refractivity contribution >= 4 is 57.9 Å². The largest absolute Gasteiger partial charge is 0.340 e. The quantitative estimate of drug-likeness (QED) is 0.558. The van der Waals surface area contributed by atoms with E-state index in [0.29, 0.717) is 27.5 Å². The van der Waals surface area contributed by atoms with E-state index in [0.717, 1.165) is 11.4 Å². The molecule has 0 radical (unpaired) electrons. The van der Waals surface area contributed by atoms with Crippen LogP contribution in [0.2, 0.25) is 10.0 Å². The fraction of sp³-hybridized carbons (Fsp3) is 0.0556. The minimum atomic E-state index is -0.133. The van der Waals surface area contributed by atoms with E-state index in [-0.39, 0.29) is 5.91 Å². The molecule has 6 nitrogen and oxygen atoms in total. The van der Waals surface area contributed by atoms with Crippen molar-refractivity contribution in [2.75, 3.05) is 16.0 Å². The lowest BCUT2D eigenvalue weighted by Gasteiger charge is -2.10. The molecule has 0 aliphatic carbocycles. The van der Waals surface area contributed by atoms with Crippen molar-refractivity contribution in [3.05, 3.63) is 64.8 Å². The Bertz CT molecular complexity index is 948. The molecule has 8 heteroatoms. The van der Waals surface area contributed by atoms with E-state index in [2.05, 4.69) is 25.9 Å². The summed E-state index contributed by atoms with van der Waals surface area (Å²) in [7, 11) is 0. The Morgan fingerprint density at radius 3 is 2.46 bits per heavy atom. The van der Waals surface area contributed by atoms with Gasteiger partial charge in [0.05, 0.1) is 10.0 Å². The Hall–Kier alpha value is -2.83. The predicted octanol–water partition coefficient (Wildman–Crippen LogP) is 5.23. The van der Waals surface area contributed by atoms with Crippen LogP contribution in [0.25, 0.3) is 0 Å². The number of carbonyl (C=O) groups excluding carboxylic acids is 1. The molecular formula is C18H15Cl2N5O. The van der Waals surface area contributed by atoms with Crippen LogP contribution in [0.15, 0.2) is 54.7 Å². The van der Waals surface area contributed by atoms with E-state index in [4.69, 9.17) is 23.2 Å². The topological polar surface area (TPSA) is 78.9 Å². The van der Waals surface area contributed by atoms with Crippen LogP contribution >= 0.6 is 23.2 Å². The molecule has 0 fully saturated rings. The number of hydrogen-bond acceptors (Lipinski definition) is 5. The molecule has 0 spiro atoms. The highest BCUT2D eigenvalue weighted by atomic mass is 35.5. The van der Waals surface area contributed by atoms with Crippen molar-refractivity contribution in [2.24, 2.45) is 0 Å². The number of halogens is 2. The van der Waals surface area contributed by atoms with Crippen LogP contribution in [-0.2, 0) is 4.79 Å². The summed E-state index contributed by atoms with van der Waals surface area (Å²) in [5.41, 5.74) is 2.20. The van der Waals surface area contributed by atoms with Crippen molar-refractivity contribution in [1.29, 1.82) is 0 Å². The number of carbonyl (C=O) groups is 1. The van der Waals surface area contributed by atoms with Crippen LogP contribution in [0.1, 0.15) is 6.92 Å². The van der Waals surface area contributed by atoms with Crippen LogP contribution in [0, 0.1) is 0 Å². The molecule has 1 aromatic heterocycles. The maximum absolute atomic E-state index is 11.2. The molecule has 3 N–H and O–H groups in total. The van der Waals surface area contributed by atoms with Gasteiger partial charge in [-0.05, 0) is 42.5 Å². The van der Waals surface area contributed by atoms with Gasteiger partial charge in [0, 0.05) is 30.2 Å². The molecule has 2 aromatic carbocycles. The molecule has 3 rings (SSSR count). The van der Waals surface area contributed by atoms with Crippen molar-refractivity contribution in [1.82, 2.24) is 9.97 Å². The Morgan fingerprint density at radius 1 is 0.923 bits per heavy atom. The fourth-order valence-corrected chi connectivity index (χ4v) is 2.52. The summed E-state index contributed by atoms with van der Waals surface area (Å²) in [6.45, 7) is 1.46. The fourth-order valence-electron chi connectivity index (χ4n) is 2.22.